The van der Waals surface area contributed by atoms with Crippen molar-refractivity contribution >= 4 is 16.0 Å². The van der Waals surface area contributed by atoms with E-state index in [1.807, 2.05) is 12.1 Å². The Labute approximate surface area is 150 Å². The molecule has 0 spiro atoms. The molecule has 0 saturated heterocycles. The van der Waals surface area contributed by atoms with Crippen molar-refractivity contribution in [3.05, 3.63) is 24.2 Å². The molecule has 0 amide bonds. The molecule has 1 aromatic heterocycles. The first-order valence-electron chi connectivity index (χ1n) is 8.48. The molecule has 1 heterocycles. The van der Waals surface area contributed by atoms with Crippen LogP contribution in [0.2, 0.25) is 0 Å². The normalized spacial score (nSPS) is 12.6. The number of hydrogen-bond donors (Lipinski definition) is 2. The van der Waals surface area contributed by atoms with Crippen LogP contribution in [0.25, 0.3) is 0 Å². The maximum atomic E-state index is 11.6. The van der Waals surface area contributed by atoms with E-state index in [1.54, 1.807) is 27.3 Å². The fourth-order valence-corrected chi connectivity index (χ4v) is 2.89. The van der Waals surface area contributed by atoms with Gasteiger partial charge in [0, 0.05) is 40.3 Å². The van der Waals surface area contributed by atoms with Crippen molar-refractivity contribution < 1.29 is 17.6 Å². The van der Waals surface area contributed by atoms with Gasteiger partial charge in [0.05, 0.1) is 12.0 Å². The Morgan fingerprint density at radius 3 is 2.64 bits per heavy atom. The van der Waals surface area contributed by atoms with E-state index >= 15 is 0 Å². The monoisotopic (exact) mass is 374 g/mol. The number of furan rings is 1. The molecule has 2 N–H and O–H groups in total. The second kappa shape index (κ2) is 11.9. The molecule has 0 aliphatic carbocycles. The van der Waals surface area contributed by atoms with Crippen LogP contribution in [-0.4, -0.2) is 64.8 Å². The third-order valence-corrected chi connectivity index (χ3v) is 5.45. The van der Waals surface area contributed by atoms with Crippen molar-refractivity contribution in [2.24, 2.45) is 4.99 Å². The number of rotatable bonds is 12. The van der Waals surface area contributed by atoms with Gasteiger partial charge in [-0.1, -0.05) is 0 Å². The molecule has 0 bridgehead atoms. The molecule has 0 atom stereocenters. The van der Waals surface area contributed by atoms with E-state index < -0.39 is 10.0 Å². The molecule has 0 aliphatic heterocycles. The first-order valence-corrected chi connectivity index (χ1v) is 10.1. The lowest BCUT2D eigenvalue weighted by Gasteiger charge is -2.16. The number of nitrogens with zero attached hydrogens (tertiary/aromatic N) is 2. The summed E-state index contributed by atoms with van der Waals surface area (Å²) in [5.41, 5.74) is 0. The minimum atomic E-state index is -3.10. The minimum Gasteiger partial charge on any atom is -0.467 e. The summed E-state index contributed by atoms with van der Waals surface area (Å²) < 4.78 is 35.4. The largest absolute Gasteiger partial charge is 0.467 e. The molecule has 0 aromatic carbocycles. The Morgan fingerprint density at radius 2 is 2.04 bits per heavy atom. The summed E-state index contributed by atoms with van der Waals surface area (Å²) in [4.78, 5) is 4.13. The van der Waals surface area contributed by atoms with E-state index in [2.05, 4.69) is 15.6 Å². The molecular weight excluding hydrogens is 344 g/mol. The fourth-order valence-electron chi connectivity index (χ4n) is 2.04. The van der Waals surface area contributed by atoms with Gasteiger partial charge in [0.25, 0.3) is 0 Å². The SMILES string of the molecule is CCS(=O)(=O)N(C)CCCNC(=NC)NCCCOCc1ccco1. The number of guanidine groups is 1. The highest BCUT2D eigenvalue weighted by Crippen LogP contribution is 2.01. The summed E-state index contributed by atoms with van der Waals surface area (Å²) in [6.07, 6.45) is 3.19. The lowest BCUT2D eigenvalue weighted by atomic mass is 10.4. The van der Waals surface area contributed by atoms with Crippen molar-refractivity contribution in [2.75, 3.05) is 46.1 Å². The first kappa shape index (κ1) is 21.5. The number of nitrogens with one attached hydrogen (secondary N) is 2. The summed E-state index contributed by atoms with van der Waals surface area (Å²) in [7, 11) is 0.206. The van der Waals surface area contributed by atoms with Crippen LogP contribution in [0.4, 0.5) is 0 Å². The Bertz CT molecular complexity index is 587. The van der Waals surface area contributed by atoms with E-state index in [1.165, 1.54) is 4.31 Å². The van der Waals surface area contributed by atoms with Crippen LogP contribution < -0.4 is 10.6 Å². The Kier molecular flexibility index (Phi) is 10.2. The lowest BCUT2D eigenvalue weighted by Crippen LogP contribution is -2.39. The van der Waals surface area contributed by atoms with Crippen LogP contribution in [0.1, 0.15) is 25.5 Å². The Morgan fingerprint density at radius 1 is 1.32 bits per heavy atom. The van der Waals surface area contributed by atoms with Gasteiger partial charge in [-0.3, -0.25) is 4.99 Å². The van der Waals surface area contributed by atoms with Crippen molar-refractivity contribution in [3.8, 4) is 0 Å². The van der Waals surface area contributed by atoms with Crippen LogP contribution in [0.3, 0.4) is 0 Å². The molecule has 1 aromatic rings. The molecule has 0 aliphatic rings. The maximum Gasteiger partial charge on any atom is 0.213 e. The second-order valence-electron chi connectivity index (χ2n) is 5.49. The molecule has 0 unspecified atom stereocenters. The molecular formula is C16H30N4O4S. The Hall–Kier alpha value is -1.58. The third kappa shape index (κ3) is 8.89. The average molecular weight is 375 g/mol. The van der Waals surface area contributed by atoms with E-state index in [4.69, 9.17) is 9.15 Å². The van der Waals surface area contributed by atoms with Crippen molar-refractivity contribution in [1.82, 2.24) is 14.9 Å². The summed E-state index contributed by atoms with van der Waals surface area (Å²) >= 11 is 0. The Balaban J connectivity index is 2.06. The van der Waals surface area contributed by atoms with E-state index in [0.717, 1.165) is 18.7 Å². The van der Waals surface area contributed by atoms with Gasteiger partial charge in [-0.25, -0.2) is 12.7 Å². The first-order chi connectivity index (χ1) is 12.0. The summed E-state index contributed by atoms with van der Waals surface area (Å²) in [5.74, 6) is 1.65. The molecule has 8 nitrogen and oxygen atoms in total. The fraction of sp³-hybridized carbons (Fsp3) is 0.688. The zero-order chi connectivity index (χ0) is 18.5. The van der Waals surface area contributed by atoms with Gasteiger partial charge in [-0.2, -0.15) is 0 Å². The number of sulfonamides is 1. The van der Waals surface area contributed by atoms with Crippen LogP contribution in [-0.2, 0) is 21.4 Å². The van der Waals surface area contributed by atoms with E-state index in [0.29, 0.717) is 38.7 Å². The number of hydrogen-bond acceptors (Lipinski definition) is 5. The molecule has 0 fully saturated rings. The van der Waals surface area contributed by atoms with Gasteiger partial charge < -0.3 is 19.8 Å². The standard InChI is InChI=1S/C16H30N4O4S/c1-4-25(21,22)20(3)11-6-9-18-16(17-2)19-10-7-12-23-14-15-8-5-13-24-15/h5,8,13H,4,6-7,9-12,14H2,1-3H3,(H2,17,18,19). The quantitative estimate of drug-likeness (QED) is 0.322. The number of aliphatic imine (C=N–C) groups is 1. The predicted molar refractivity (Wildman–Crippen MR) is 99.1 cm³/mol. The van der Waals surface area contributed by atoms with E-state index in [-0.39, 0.29) is 5.75 Å². The van der Waals surface area contributed by atoms with Gasteiger partial charge >= 0.3 is 0 Å². The van der Waals surface area contributed by atoms with Crippen molar-refractivity contribution in [2.45, 2.75) is 26.4 Å². The molecule has 0 saturated carbocycles. The smallest absolute Gasteiger partial charge is 0.213 e. The molecule has 0 radical (unpaired) electrons. The summed E-state index contributed by atoms with van der Waals surface area (Å²) in [6.45, 7) is 4.63. The highest BCUT2D eigenvalue weighted by molar-refractivity contribution is 7.89. The molecule has 9 heteroatoms. The third-order valence-electron chi connectivity index (χ3n) is 3.59. The van der Waals surface area contributed by atoms with Crippen molar-refractivity contribution in [1.29, 1.82) is 0 Å². The molecule has 1 rings (SSSR count). The zero-order valence-corrected chi connectivity index (χ0v) is 16.1. The van der Waals surface area contributed by atoms with E-state index in [9.17, 15) is 8.42 Å². The maximum absolute atomic E-state index is 11.6. The van der Waals surface area contributed by atoms with Gasteiger partial charge in [0.1, 0.15) is 12.4 Å². The van der Waals surface area contributed by atoms with Crippen LogP contribution in [0.15, 0.2) is 27.8 Å². The lowest BCUT2D eigenvalue weighted by molar-refractivity contribution is 0.105. The van der Waals surface area contributed by atoms with Gasteiger partial charge in [-0.15, -0.1) is 0 Å². The highest BCUT2D eigenvalue weighted by atomic mass is 32.2. The van der Waals surface area contributed by atoms with Gasteiger partial charge in [-0.05, 0) is 31.9 Å². The minimum absolute atomic E-state index is 0.127. The second-order valence-corrected chi connectivity index (χ2v) is 7.85. The average Bonchev–Trinajstić information content (AvgIpc) is 3.12. The van der Waals surface area contributed by atoms with Gasteiger partial charge in [0.2, 0.25) is 10.0 Å². The number of ether oxygens (including phenoxy) is 1. The summed E-state index contributed by atoms with van der Waals surface area (Å²) in [6, 6.07) is 3.72. The van der Waals surface area contributed by atoms with Crippen LogP contribution in [0, 0.1) is 0 Å². The van der Waals surface area contributed by atoms with Gasteiger partial charge in [0.15, 0.2) is 5.96 Å². The van der Waals surface area contributed by atoms with Crippen LogP contribution >= 0.6 is 0 Å². The zero-order valence-electron chi connectivity index (χ0n) is 15.3. The van der Waals surface area contributed by atoms with Crippen molar-refractivity contribution in [3.63, 3.8) is 0 Å². The molecule has 25 heavy (non-hydrogen) atoms. The van der Waals surface area contributed by atoms with Crippen LogP contribution in [0.5, 0.6) is 0 Å². The molecule has 144 valence electrons. The summed E-state index contributed by atoms with van der Waals surface area (Å²) in [5, 5.41) is 6.37. The predicted octanol–water partition coefficient (Wildman–Crippen LogP) is 1.02. The highest BCUT2D eigenvalue weighted by Gasteiger charge is 2.13. The topological polar surface area (TPSA) is 96.2 Å².